The van der Waals surface area contributed by atoms with E-state index in [1.807, 2.05) is 33.9 Å². The van der Waals surface area contributed by atoms with Crippen molar-refractivity contribution in [3.8, 4) is 0 Å². The van der Waals surface area contributed by atoms with Crippen LogP contribution in [0.2, 0.25) is 18.1 Å². The number of alkyl halides is 2. The summed E-state index contributed by atoms with van der Waals surface area (Å²) in [6.07, 6.45) is -2.40. The van der Waals surface area contributed by atoms with Crippen molar-refractivity contribution in [1.82, 2.24) is 0 Å². The van der Waals surface area contributed by atoms with Gasteiger partial charge in [-0.05, 0) is 25.1 Å². The minimum absolute atomic E-state index is 0.00729. The maximum Gasteiger partial charge on any atom is 0.379 e. The smallest absolute Gasteiger partial charge is 0.379 e. The molecule has 1 atom stereocenters. The van der Waals surface area contributed by atoms with Crippen LogP contribution in [0.5, 0.6) is 0 Å². The Bertz CT molecular complexity index is 327. The van der Waals surface area contributed by atoms with Gasteiger partial charge in [-0.15, -0.1) is 0 Å². The van der Waals surface area contributed by atoms with Gasteiger partial charge in [0.15, 0.2) is 8.32 Å². The fourth-order valence-corrected chi connectivity index (χ4v) is 2.25. The highest BCUT2D eigenvalue weighted by Crippen LogP contribution is 2.36. The third kappa shape index (κ3) is 5.10. The second-order valence-corrected chi connectivity index (χ2v) is 11.1. The van der Waals surface area contributed by atoms with Crippen molar-refractivity contribution in [3.05, 3.63) is 0 Å². The topological polar surface area (TPSA) is 55.8 Å². The van der Waals surface area contributed by atoms with Crippen molar-refractivity contribution in [2.24, 2.45) is 0 Å². The Labute approximate surface area is 120 Å². The number of hydrogen-bond acceptors (Lipinski definition) is 4. The highest BCUT2D eigenvalue weighted by molar-refractivity contribution is 6.74. The number of aliphatic hydroxyl groups is 1. The van der Waals surface area contributed by atoms with Crippen LogP contribution in [0.1, 0.15) is 34.1 Å². The summed E-state index contributed by atoms with van der Waals surface area (Å²) in [6, 6.07) is 0. The second kappa shape index (κ2) is 6.95. The zero-order valence-electron chi connectivity index (χ0n) is 13.1. The average Bonchev–Trinajstić information content (AvgIpc) is 2.27. The quantitative estimate of drug-likeness (QED) is 0.580. The Kier molecular flexibility index (Phi) is 6.77. The first-order chi connectivity index (χ1) is 8.86. The lowest BCUT2D eigenvalue weighted by Gasteiger charge is -2.36. The number of esters is 1. The number of halogens is 2. The van der Waals surface area contributed by atoms with Crippen molar-refractivity contribution in [2.75, 3.05) is 13.2 Å². The molecule has 0 amide bonds. The molecule has 1 N–H and O–H groups in total. The third-order valence-electron chi connectivity index (χ3n) is 3.63. The van der Waals surface area contributed by atoms with Crippen molar-refractivity contribution in [2.45, 2.75) is 64.3 Å². The SMILES string of the molecule is CCOC(=O)C(F)(F)[C@H](O)CCO[Si](C)(C)C(C)(C)C. The zero-order chi connectivity index (χ0) is 16.2. The van der Waals surface area contributed by atoms with Crippen LogP contribution in [-0.2, 0) is 14.0 Å². The van der Waals surface area contributed by atoms with Crippen LogP contribution in [-0.4, -0.2) is 44.6 Å². The summed E-state index contributed by atoms with van der Waals surface area (Å²) in [4.78, 5) is 11.1. The molecule has 120 valence electrons. The first kappa shape index (κ1) is 19.5. The van der Waals surface area contributed by atoms with Gasteiger partial charge >= 0.3 is 11.9 Å². The maximum atomic E-state index is 13.5. The van der Waals surface area contributed by atoms with Crippen LogP contribution in [0, 0.1) is 0 Å². The van der Waals surface area contributed by atoms with E-state index in [-0.39, 0.29) is 24.7 Å². The largest absolute Gasteiger partial charge is 0.461 e. The highest BCUT2D eigenvalue weighted by atomic mass is 28.4. The zero-order valence-corrected chi connectivity index (χ0v) is 14.1. The maximum absolute atomic E-state index is 13.5. The molecule has 0 rings (SSSR count). The molecule has 0 saturated carbocycles. The molecule has 0 radical (unpaired) electrons. The molecule has 0 aliphatic heterocycles. The molecular weight excluding hydrogens is 286 g/mol. The van der Waals surface area contributed by atoms with Gasteiger partial charge in [0.2, 0.25) is 0 Å². The molecule has 0 aliphatic carbocycles. The van der Waals surface area contributed by atoms with Crippen LogP contribution in [0.15, 0.2) is 0 Å². The van der Waals surface area contributed by atoms with Gasteiger partial charge in [0.05, 0.1) is 6.61 Å². The van der Waals surface area contributed by atoms with Gasteiger partial charge in [0.25, 0.3) is 0 Å². The summed E-state index contributed by atoms with van der Waals surface area (Å²) in [7, 11) is -2.05. The van der Waals surface area contributed by atoms with Crippen LogP contribution in [0.3, 0.4) is 0 Å². The van der Waals surface area contributed by atoms with E-state index in [1.54, 1.807) is 0 Å². The van der Waals surface area contributed by atoms with E-state index in [0.717, 1.165) is 0 Å². The van der Waals surface area contributed by atoms with Gasteiger partial charge in [0.1, 0.15) is 6.10 Å². The number of aliphatic hydroxyl groups excluding tert-OH is 1. The minimum Gasteiger partial charge on any atom is -0.461 e. The van der Waals surface area contributed by atoms with E-state index >= 15 is 0 Å². The predicted molar refractivity (Wildman–Crippen MR) is 75.4 cm³/mol. The lowest BCUT2D eigenvalue weighted by atomic mass is 10.1. The molecule has 0 aromatic rings. The summed E-state index contributed by atoms with van der Waals surface area (Å²) in [6.45, 7) is 11.3. The van der Waals surface area contributed by atoms with Crippen molar-refractivity contribution in [1.29, 1.82) is 0 Å². The van der Waals surface area contributed by atoms with E-state index in [0.29, 0.717) is 0 Å². The van der Waals surface area contributed by atoms with E-state index in [4.69, 9.17) is 4.43 Å². The van der Waals surface area contributed by atoms with E-state index in [1.165, 1.54) is 6.92 Å². The van der Waals surface area contributed by atoms with Gasteiger partial charge in [-0.1, -0.05) is 20.8 Å². The molecule has 0 spiro atoms. The van der Waals surface area contributed by atoms with Crippen molar-refractivity contribution < 1.29 is 27.8 Å². The van der Waals surface area contributed by atoms with Gasteiger partial charge in [-0.2, -0.15) is 8.78 Å². The fourth-order valence-electron chi connectivity index (χ4n) is 1.19. The van der Waals surface area contributed by atoms with Gasteiger partial charge in [0, 0.05) is 13.0 Å². The molecular formula is C13H26F2O4Si. The highest BCUT2D eigenvalue weighted by Gasteiger charge is 2.48. The Balaban J connectivity index is 4.43. The molecule has 0 aliphatic rings. The summed E-state index contributed by atoms with van der Waals surface area (Å²) in [5.74, 6) is -5.59. The van der Waals surface area contributed by atoms with E-state index in [9.17, 15) is 18.7 Å². The Morgan fingerprint density at radius 3 is 2.20 bits per heavy atom. The molecule has 0 aromatic heterocycles. The Morgan fingerprint density at radius 1 is 1.30 bits per heavy atom. The minimum atomic E-state index is -3.90. The molecule has 0 unspecified atom stereocenters. The predicted octanol–water partition coefficient (Wildman–Crippen LogP) is 2.96. The van der Waals surface area contributed by atoms with Gasteiger partial charge in [-0.3, -0.25) is 0 Å². The first-order valence-electron chi connectivity index (χ1n) is 6.73. The van der Waals surface area contributed by atoms with Crippen LogP contribution >= 0.6 is 0 Å². The Hall–Kier alpha value is -0.533. The number of carbonyl (C=O) groups is 1. The molecule has 20 heavy (non-hydrogen) atoms. The molecule has 0 aromatic carbocycles. The summed E-state index contributed by atoms with van der Waals surface area (Å²) < 4.78 is 36.9. The summed E-state index contributed by atoms with van der Waals surface area (Å²) in [5, 5.41) is 9.42. The summed E-state index contributed by atoms with van der Waals surface area (Å²) in [5.41, 5.74) is 0. The number of rotatable bonds is 7. The second-order valence-electron chi connectivity index (χ2n) is 6.26. The third-order valence-corrected chi connectivity index (χ3v) is 8.16. The van der Waals surface area contributed by atoms with E-state index < -0.39 is 26.3 Å². The van der Waals surface area contributed by atoms with Crippen LogP contribution in [0.25, 0.3) is 0 Å². The van der Waals surface area contributed by atoms with Crippen molar-refractivity contribution in [3.63, 3.8) is 0 Å². The molecule has 4 nitrogen and oxygen atoms in total. The molecule has 0 saturated heterocycles. The van der Waals surface area contributed by atoms with Crippen LogP contribution < -0.4 is 0 Å². The first-order valence-corrected chi connectivity index (χ1v) is 9.64. The fraction of sp³-hybridized carbons (Fsp3) is 0.923. The van der Waals surface area contributed by atoms with Gasteiger partial charge < -0.3 is 14.3 Å². The number of ether oxygens (including phenoxy) is 1. The molecule has 0 heterocycles. The summed E-state index contributed by atoms with van der Waals surface area (Å²) >= 11 is 0. The van der Waals surface area contributed by atoms with Gasteiger partial charge in [-0.25, -0.2) is 4.79 Å². The lowest BCUT2D eigenvalue weighted by Crippen LogP contribution is -2.45. The number of carbonyl (C=O) groups excluding carboxylic acids is 1. The van der Waals surface area contributed by atoms with Crippen molar-refractivity contribution >= 4 is 14.3 Å². The molecule has 0 bridgehead atoms. The normalized spacial score (nSPS) is 15.1. The molecule has 0 fully saturated rings. The average molecular weight is 312 g/mol. The standard InChI is InChI=1S/C13H26F2O4Si/c1-7-18-11(17)13(14,15)10(16)8-9-19-20(5,6)12(2,3)4/h10,16H,7-9H2,1-6H3/t10-/m1/s1. The number of hydrogen-bond donors (Lipinski definition) is 1. The van der Waals surface area contributed by atoms with E-state index in [2.05, 4.69) is 4.74 Å². The monoisotopic (exact) mass is 312 g/mol. The molecule has 7 heteroatoms. The lowest BCUT2D eigenvalue weighted by molar-refractivity contribution is -0.189. The Morgan fingerprint density at radius 2 is 1.80 bits per heavy atom. The van der Waals surface area contributed by atoms with Crippen LogP contribution in [0.4, 0.5) is 8.78 Å².